The van der Waals surface area contributed by atoms with Crippen LogP contribution in [0.1, 0.15) is 23.0 Å². The second-order valence-corrected chi connectivity index (χ2v) is 3.90. The summed E-state index contributed by atoms with van der Waals surface area (Å²) < 4.78 is 4.95. The largest absolute Gasteiger partial charge is 0.392 e. The molecule has 1 atom stereocenters. The molecule has 0 bridgehead atoms. The highest BCUT2D eigenvalue weighted by Gasteiger charge is 2.11. The predicted octanol–water partition coefficient (Wildman–Crippen LogP) is 0.642. The van der Waals surface area contributed by atoms with Gasteiger partial charge in [-0.05, 0) is 19.9 Å². The number of hydrogen-bond acceptors (Lipinski definition) is 5. The molecule has 2 rings (SSSR count). The molecular weight excluding hydrogens is 222 g/mol. The highest BCUT2D eigenvalue weighted by molar-refractivity contribution is 5.96. The first kappa shape index (κ1) is 11.5. The predicted molar refractivity (Wildman–Crippen MR) is 60.6 cm³/mol. The molecule has 17 heavy (non-hydrogen) atoms. The van der Waals surface area contributed by atoms with Crippen molar-refractivity contribution in [1.82, 2.24) is 15.5 Å². The van der Waals surface area contributed by atoms with Crippen LogP contribution in [-0.2, 0) is 0 Å². The van der Waals surface area contributed by atoms with Crippen LogP contribution in [0.15, 0.2) is 16.8 Å². The number of carbonyl (C=O) groups excluding carboxylic acids is 1. The molecule has 1 amide bonds. The first-order valence-corrected chi connectivity index (χ1v) is 5.26. The number of carbonyl (C=O) groups is 1. The Labute approximate surface area is 97.6 Å². The zero-order valence-corrected chi connectivity index (χ0v) is 9.60. The fraction of sp³-hybridized carbons (Fsp3) is 0.364. The van der Waals surface area contributed by atoms with Gasteiger partial charge in [-0.3, -0.25) is 4.79 Å². The molecule has 0 radical (unpaired) electrons. The Morgan fingerprint density at radius 1 is 1.65 bits per heavy atom. The molecule has 1 unspecified atom stereocenters. The first-order valence-electron chi connectivity index (χ1n) is 5.26. The van der Waals surface area contributed by atoms with Gasteiger partial charge in [0.1, 0.15) is 0 Å². The van der Waals surface area contributed by atoms with Crippen molar-refractivity contribution in [2.24, 2.45) is 0 Å². The third-order valence-electron chi connectivity index (χ3n) is 2.33. The van der Waals surface area contributed by atoms with Gasteiger partial charge in [-0.15, -0.1) is 0 Å². The molecule has 0 aliphatic carbocycles. The van der Waals surface area contributed by atoms with Gasteiger partial charge in [0.2, 0.25) is 0 Å². The number of pyridine rings is 1. The van der Waals surface area contributed by atoms with E-state index in [9.17, 15) is 4.79 Å². The van der Waals surface area contributed by atoms with E-state index >= 15 is 0 Å². The maximum absolute atomic E-state index is 11.7. The van der Waals surface area contributed by atoms with Crippen molar-refractivity contribution in [1.29, 1.82) is 0 Å². The van der Waals surface area contributed by atoms with E-state index in [4.69, 9.17) is 9.63 Å². The number of aryl methyl sites for hydroxylation is 1. The van der Waals surface area contributed by atoms with Gasteiger partial charge in [0.25, 0.3) is 11.6 Å². The fourth-order valence-corrected chi connectivity index (χ4v) is 1.41. The number of hydrogen-bond donors (Lipinski definition) is 2. The molecule has 0 aliphatic heterocycles. The molecular formula is C11H13N3O3. The van der Waals surface area contributed by atoms with Crippen LogP contribution in [-0.4, -0.2) is 33.8 Å². The summed E-state index contributed by atoms with van der Waals surface area (Å²) in [5.74, 6) is -0.277. The summed E-state index contributed by atoms with van der Waals surface area (Å²) >= 11 is 0. The van der Waals surface area contributed by atoms with Crippen LogP contribution in [0.2, 0.25) is 0 Å². The van der Waals surface area contributed by atoms with Crippen LogP contribution >= 0.6 is 0 Å². The van der Waals surface area contributed by atoms with Gasteiger partial charge in [-0.2, -0.15) is 0 Å². The lowest BCUT2D eigenvalue weighted by atomic mass is 10.2. The van der Waals surface area contributed by atoms with Gasteiger partial charge in [0, 0.05) is 12.7 Å². The van der Waals surface area contributed by atoms with E-state index in [1.165, 1.54) is 6.20 Å². The quantitative estimate of drug-likeness (QED) is 0.815. The Bertz CT molecular complexity index is 548. The van der Waals surface area contributed by atoms with E-state index < -0.39 is 6.10 Å². The van der Waals surface area contributed by atoms with E-state index in [2.05, 4.69) is 15.5 Å². The zero-order chi connectivity index (χ0) is 12.4. The van der Waals surface area contributed by atoms with E-state index in [0.29, 0.717) is 17.0 Å². The number of fused-ring (bicyclic) bond motifs is 1. The third-order valence-corrected chi connectivity index (χ3v) is 2.33. The SMILES string of the molecule is Cc1noc2ncc(C(=O)NCC(C)O)cc12. The van der Waals surface area contributed by atoms with Crippen molar-refractivity contribution in [2.45, 2.75) is 20.0 Å². The second kappa shape index (κ2) is 4.50. The molecule has 0 saturated heterocycles. The Kier molecular flexibility index (Phi) is 3.06. The lowest BCUT2D eigenvalue weighted by Gasteiger charge is -2.06. The average molecular weight is 235 g/mol. The smallest absolute Gasteiger partial charge is 0.257 e. The average Bonchev–Trinajstić information content (AvgIpc) is 2.67. The van der Waals surface area contributed by atoms with Crippen molar-refractivity contribution in [2.75, 3.05) is 6.54 Å². The number of aliphatic hydroxyl groups is 1. The zero-order valence-electron chi connectivity index (χ0n) is 9.60. The van der Waals surface area contributed by atoms with Gasteiger partial charge in [-0.25, -0.2) is 4.98 Å². The molecule has 6 nitrogen and oxygen atoms in total. The second-order valence-electron chi connectivity index (χ2n) is 3.90. The van der Waals surface area contributed by atoms with Gasteiger partial charge < -0.3 is 14.9 Å². The van der Waals surface area contributed by atoms with Crippen LogP contribution < -0.4 is 5.32 Å². The fourth-order valence-electron chi connectivity index (χ4n) is 1.41. The summed E-state index contributed by atoms with van der Waals surface area (Å²) in [6, 6.07) is 1.67. The summed E-state index contributed by atoms with van der Waals surface area (Å²) in [5.41, 5.74) is 1.52. The number of nitrogens with one attached hydrogen (secondary N) is 1. The number of amides is 1. The highest BCUT2D eigenvalue weighted by Crippen LogP contribution is 2.16. The van der Waals surface area contributed by atoms with Crippen molar-refractivity contribution in [3.8, 4) is 0 Å². The monoisotopic (exact) mass is 235 g/mol. The molecule has 2 heterocycles. The standard InChI is InChI=1S/C11H13N3O3/c1-6(15)4-12-10(16)8-3-9-7(2)14-17-11(9)13-5-8/h3,5-6,15H,4H2,1-2H3,(H,12,16). The maximum atomic E-state index is 11.7. The summed E-state index contributed by atoms with van der Waals surface area (Å²) in [6.45, 7) is 3.59. The van der Waals surface area contributed by atoms with Crippen LogP contribution in [0, 0.1) is 6.92 Å². The van der Waals surface area contributed by atoms with Crippen molar-refractivity contribution < 1.29 is 14.4 Å². The summed E-state index contributed by atoms with van der Waals surface area (Å²) in [6.07, 6.45) is 0.845. The van der Waals surface area contributed by atoms with Gasteiger partial charge in [0.05, 0.1) is 22.7 Å². The Morgan fingerprint density at radius 2 is 2.41 bits per heavy atom. The van der Waals surface area contributed by atoms with E-state index in [-0.39, 0.29) is 12.5 Å². The molecule has 0 saturated carbocycles. The topological polar surface area (TPSA) is 88.2 Å². The van der Waals surface area contributed by atoms with E-state index in [0.717, 1.165) is 5.39 Å². The van der Waals surface area contributed by atoms with Crippen molar-refractivity contribution in [3.05, 3.63) is 23.5 Å². The van der Waals surface area contributed by atoms with E-state index in [1.807, 2.05) is 0 Å². The third kappa shape index (κ3) is 2.42. The molecule has 0 aromatic carbocycles. The minimum Gasteiger partial charge on any atom is -0.392 e. The molecule has 0 fully saturated rings. The maximum Gasteiger partial charge on any atom is 0.257 e. The van der Waals surface area contributed by atoms with Crippen LogP contribution in [0.5, 0.6) is 0 Å². The summed E-state index contributed by atoms with van der Waals surface area (Å²) in [7, 11) is 0. The minimum atomic E-state index is -0.576. The van der Waals surface area contributed by atoms with Gasteiger partial charge in [-0.1, -0.05) is 5.16 Å². The molecule has 90 valence electrons. The number of aliphatic hydroxyl groups excluding tert-OH is 1. The molecule has 6 heteroatoms. The number of rotatable bonds is 3. The normalized spacial score (nSPS) is 12.6. The Balaban J connectivity index is 2.23. The van der Waals surface area contributed by atoms with Gasteiger partial charge >= 0.3 is 0 Å². The van der Waals surface area contributed by atoms with Crippen LogP contribution in [0.25, 0.3) is 11.1 Å². The first-order chi connectivity index (χ1) is 8.08. The van der Waals surface area contributed by atoms with Crippen molar-refractivity contribution in [3.63, 3.8) is 0 Å². The summed E-state index contributed by atoms with van der Waals surface area (Å²) in [4.78, 5) is 15.7. The number of nitrogens with zero attached hydrogens (tertiary/aromatic N) is 2. The van der Waals surface area contributed by atoms with Gasteiger partial charge in [0.15, 0.2) is 0 Å². The molecule has 2 aromatic rings. The van der Waals surface area contributed by atoms with Crippen LogP contribution in [0.4, 0.5) is 0 Å². The number of aromatic nitrogens is 2. The van der Waals surface area contributed by atoms with Crippen molar-refractivity contribution >= 4 is 17.0 Å². The van der Waals surface area contributed by atoms with Crippen LogP contribution in [0.3, 0.4) is 0 Å². The lowest BCUT2D eigenvalue weighted by Crippen LogP contribution is -2.30. The minimum absolute atomic E-state index is 0.208. The lowest BCUT2D eigenvalue weighted by molar-refractivity contribution is 0.0924. The highest BCUT2D eigenvalue weighted by atomic mass is 16.5. The molecule has 0 aliphatic rings. The molecule has 2 N–H and O–H groups in total. The van der Waals surface area contributed by atoms with E-state index in [1.54, 1.807) is 19.9 Å². The Morgan fingerprint density at radius 3 is 3.12 bits per heavy atom. The molecule has 0 spiro atoms. The summed E-state index contributed by atoms with van der Waals surface area (Å²) in [5, 5.41) is 16.1. The Hall–Kier alpha value is -1.95. The molecule has 2 aromatic heterocycles.